The molecule has 0 radical (unpaired) electrons. The average Bonchev–Trinajstić information content (AvgIpc) is 2.53. The van der Waals surface area contributed by atoms with Crippen LogP contribution in [0.4, 0.5) is 17.5 Å². The lowest BCUT2D eigenvalue weighted by atomic mass is 10.1. The highest BCUT2D eigenvalue weighted by atomic mass is 16.5. The van der Waals surface area contributed by atoms with Gasteiger partial charge in [0.2, 0.25) is 0 Å². The predicted octanol–water partition coefficient (Wildman–Crippen LogP) is -1.12. The number of methoxy groups -OCH3 is 1. The molecule has 122 valence electrons. The van der Waals surface area contributed by atoms with Gasteiger partial charge in [-0.25, -0.2) is 9.97 Å². The molecule has 2 heterocycles. The third-order valence-corrected chi connectivity index (χ3v) is 3.42. The fourth-order valence-electron chi connectivity index (χ4n) is 2.41. The number of hydrogen-bond acceptors (Lipinski definition) is 8. The molecule has 0 aliphatic rings. The van der Waals surface area contributed by atoms with Crippen molar-refractivity contribution < 1.29 is 19.9 Å². The van der Waals surface area contributed by atoms with Gasteiger partial charge in [-0.3, -0.25) is 5.73 Å². The maximum Gasteiger partial charge on any atom is 0.284 e. The van der Waals surface area contributed by atoms with Crippen LogP contribution in [0.3, 0.4) is 0 Å². The first-order valence-electron chi connectivity index (χ1n) is 6.93. The van der Waals surface area contributed by atoms with Gasteiger partial charge in [0.15, 0.2) is 0 Å². The van der Waals surface area contributed by atoms with Gasteiger partial charge < -0.3 is 25.6 Å². The zero-order valence-corrected chi connectivity index (χ0v) is 12.7. The second-order valence-corrected chi connectivity index (χ2v) is 4.78. The summed E-state index contributed by atoms with van der Waals surface area (Å²) in [5.41, 5.74) is 12.2. The maximum atomic E-state index is 9.57. The molecule has 9 heteroatoms. The smallest absolute Gasteiger partial charge is 0.284 e. The summed E-state index contributed by atoms with van der Waals surface area (Å²) >= 11 is 0. The SMILES string of the molecule is COc1cc2c(C#N)c(N(CCO)CCO)nc(N)c2c(N)[nH+]1. The number of pyridine rings is 2. The number of nitrogens with two attached hydrogens (primary N) is 2. The van der Waals surface area contributed by atoms with E-state index in [-0.39, 0.29) is 49.3 Å². The van der Waals surface area contributed by atoms with Crippen molar-refractivity contribution >= 4 is 28.2 Å². The summed E-state index contributed by atoms with van der Waals surface area (Å²) in [7, 11) is 1.47. The minimum Gasteiger partial charge on any atom is -0.466 e. The van der Waals surface area contributed by atoms with Crippen molar-refractivity contribution in [3.63, 3.8) is 0 Å². The number of nitrogen functional groups attached to an aromatic ring is 2. The molecule has 23 heavy (non-hydrogen) atoms. The Balaban J connectivity index is 2.79. The molecular weight excluding hydrogens is 300 g/mol. The second-order valence-electron chi connectivity index (χ2n) is 4.78. The Morgan fingerprint density at radius 2 is 2.00 bits per heavy atom. The standard InChI is InChI=1S/C14H18N6O3/c1-23-10-6-8-9(7-15)14(20(2-4-21)3-5-22)19-13(17)11(8)12(16)18-10/h6,21-22H,2-5H2,1H3,(H2,16,18)(H2,17,19)/p+1. The Morgan fingerprint density at radius 3 is 2.52 bits per heavy atom. The minimum absolute atomic E-state index is 0.145. The van der Waals surface area contributed by atoms with Crippen molar-refractivity contribution in [3.05, 3.63) is 11.6 Å². The quantitative estimate of drug-likeness (QED) is 0.522. The van der Waals surface area contributed by atoms with Crippen LogP contribution < -0.4 is 26.1 Å². The molecule has 7 N–H and O–H groups in total. The van der Waals surface area contributed by atoms with Gasteiger partial charge in [-0.1, -0.05) is 0 Å². The highest BCUT2D eigenvalue weighted by molar-refractivity contribution is 6.03. The maximum absolute atomic E-state index is 9.57. The molecule has 0 spiro atoms. The number of fused-ring (bicyclic) bond motifs is 1. The molecule has 0 aliphatic heterocycles. The predicted molar refractivity (Wildman–Crippen MR) is 84.8 cm³/mol. The van der Waals surface area contributed by atoms with E-state index in [9.17, 15) is 15.5 Å². The van der Waals surface area contributed by atoms with E-state index >= 15 is 0 Å². The molecule has 2 aromatic rings. The van der Waals surface area contributed by atoms with E-state index in [4.69, 9.17) is 16.2 Å². The van der Waals surface area contributed by atoms with Gasteiger partial charge in [0.25, 0.3) is 11.7 Å². The summed E-state index contributed by atoms with van der Waals surface area (Å²) in [5, 5.41) is 28.9. The third kappa shape index (κ3) is 3.03. The molecule has 0 bridgehead atoms. The first-order chi connectivity index (χ1) is 11.1. The number of aromatic amines is 1. The van der Waals surface area contributed by atoms with Gasteiger partial charge in [-0.15, -0.1) is 0 Å². The van der Waals surface area contributed by atoms with E-state index in [0.717, 1.165) is 0 Å². The van der Waals surface area contributed by atoms with Crippen molar-refractivity contribution in [2.75, 3.05) is 49.8 Å². The first kappa shape index (κ1) is 16.5. The fourth-order valence-corrected chi connectivity index (χ4v) is 2.41. The summed E-state index contributed by atoms with van der Waals surface area (Å²) in [5.74, 6) is 1.04. The summed E-state index contributed by atoms with van der Waals surface area (Å²) in [6, 6.07) is 3.71. The number of rotatable bonds is 6. The Hall–Kier alpha value is -2.83. The topological polar surface area (TPSA) is 156 Å². The van der Waals surface area contributed by atoms with Crippen LogP contribution in [0.15, 0.2) is 6.07 Å². The van der Waals surface area contributed by atoms with Crippen LogP contribution in [-0.4, -0.2) is 48.6 Å². The number of nitrogens with one attached hydrogen (secondary N) is 1. The lowest BCUT2D eigenvalue weighted by molar-refractivity contribution is -0.374. The highest BCUT2D eigenvalue weighted by Gasteiger charge is 2.22. The van der Waals surface area contributed by atoms with Crippen LogP contribution in [-0.2, 0) is 0 Å². The van der Waals surface area contributed by atoms with Crippen LogP contribution in [0, 0.1) is 11.3 Å². The lowest BCUT2D eigenvalue weighted by Gasteiger charge is -2.23. The van der Waals surface area contributed by atoms with Gasteiger partial charge in [0.05, 0.1) is 20.3 Å². The zero-order chi connectivity index (χ0) is 17.0. The monoisotopic (exact) mass is 319 g/mol. The molecule has 0 aromatic carbocycles. The number of aliphatic hydroxyl groups is 2. The zero-order valence-electron chi connectivity index (χ0n) is 12.7. The summed E-state index contributed by atoms with van der Waals surface area (Å²) in [6.07, 6.45) is 0. The molecule has 2 aromatic heterocycles. The van der Waals surface area contributed by atoms with Crippen molar-refractivity contribution in [1.82, 2.24) is 4.98 Å². The van der Waals surface area contributed by atoms with Gasteiger partial charge in [-0.05, 0) is 0 Å². The summed E-state index contributed by atoms with van der Waals surface area (Å²) in [6.45, 7) is 0.106. The molecule has 0 saturated heterocycles. The molecule has 2 rings (SSSR count). The van der Waals surface area contributed by atoms with Crippen LogP contribution in [0.1, 0.15) is 5.56 Å². The average molecular weight is 319 g/mol. The molecule has 0 aliphatic carbocycles. The Bertz CT molecular complexity index is 752. The number of anilines is 3. The summed E-state index contributed by atoms with van der Waals surface area (Å²) in [4.78, 5) is 8.66. The number of aliphatic hydroxyl groups excluding tert-OH is 2. The molecule has 0 atom stereocenters. The molecule has 9 nitrogen and oxygen atoms in total. The van der Waals surface area contributed by atoms with E-state index < -0.39 is 0 Å². The number of hydrogen-bond donors (Lipinski definition) is 4. The number of nitrogens with zero attached hydrogens (tertiary/aromatic N) is 3. The number of aromatic nitrogens is 2. The van der Waals surface area contributed by atoms with Gasteiger partial charge >= 0.3 is 0 Å². The Labute approximate surface area is 132 Å². The first-order valence-corrected chi connectivity index (χ1v) is 6.93. The second kappa shape index (κ2) is 6.95. The van der Waals surface area contributed by atoms with Crippen molar-refractivity contribution in [2.45, 2.75) is 0 Å². The lowest BCUT2D eigenvalue weighted by Crippen LogP contribution is -2.31. The van der Waals surface area contributed by atoms with Crippen LogP contribution in [0.25, 0.3) is 10.8 Å². The fraction of sp³-hybridized carbons (Fsp3) is 0.357. The minimum atomic E-state index is -0.154. The van der Waals surface area contributed by atoms with Crippen LogP contribution >= 0.6 is 0 Å². The highest BCUT2D eigenvalue weighted by Crippen LogP contribution is 2.33. The Kier molecular flexibility index (Phi) is 5.00. The Morgan fingerprint density at radius 1 is 1.35 bits per heavy atom. The van der Waals surface area contributed by atoms with E-state index in [2.05, 4.69) is 16.0 Å². The molecular formula is C14H19N6O3+. The number of ether oxygens (including phenoxy) is 1. The van der Waals surface area contributed by atoms with E-state index in [0.29, 0.717) is 16.7 Å². The number of nitriles is 1. The molecule has 0 saturated carbocycles. The largest absolute Gasteiger partial charge is 0.466 e. The van der Waals surface area contributed by atoms with Gasteiger partial charge in [0, 0.05) is 24.5 Å². The van der Waals surface area contributed by atoms with Crippen molar-refractivity contribution in [2.24, 2.45) is 0 Å². The third-order valence-electron chi connectivity index (χ3n) is 3.42. The van der Waals surface area contributed by atoms with E-state index in [1.54, 1.807) is 11.0 Å². The normalized spacial score (nSPS) is 10.5. The van der Waals surface area contributed by atoms with Gasteiger partial charge in [-0.2, -0.15) is 5.26 Å². The van der Waals surface area contributed by atoms with Crippen LogP contribution in [0.2, 0.25) is 0 Å². The molecule has 0 unspecified atom stereocenters. The summed E-state index contributed by atoms with van der Waals surface area (Å²) < 4.78 is 5.14. The molecule has 0 fully saturated rings. The van der Waals surface area contributed by atoms with Crippen molar-refractivity contribution in [3.8, 4) is 11.9 Å². The van der Waals surface area contributed by atoms with E-state index in [1.807, 2.05) is 0 Å². The van der Waals surface area contributed by atoms with Crippen molar-refractivity contribution in [1.29, 1.82) is 5.26 Å². The van der Waals surface area contributed by atoms with E-state index in [1.165, 1.54) is 7.11 Å². The molecule has 0 amide bonds. The number of H-pyrrole nitrogens is 1. The van der Waals surface area contributed by atoms with Crippen LogP contribution in [0.5, 0.6) is 5.88 Å². The van der Waals surface area contributed by atoms with Gasteiger partial charge in [0.1, 0.15) is 28.7 Å².